The van der Waals surface area contributed by atoms with Crippen LogP contribution in [0.25, 0.3) is 0 Å². The molecule has 98 valence electrons. The molecule has 0 aromatic heterocycles. The maximum Gasteiger partial charge on any atom is 0.469 e. The van der Waals surface area contributed by atoms with Gasteiger partial charge in [-0.15, -0.1) is 0 Å². The zero-order valence-electron chi connectivity index (χ0n) is 8.12. The van der Waals surface area contributed by atoms with E-state index in [1.165, 1.54) is 0 Å². The molecule has 0 unspecified atom stereocenters. The number of rotatable bonds is 7. The second-order valence-corrected chi connectivity index (χ2v) is 4.32. The number of aliphatic hydroxyl groups is 5. The van der Waals surface area contributed by atoms with Crippen LogP contribution in [0, 0.1) is 0 Å². The molecule has 10 heteroatoms. The van der Waals surface area contributed by atoms with Crippen molar-refractivity contribution in [2.24, 2.45) is 0 Å². The van der Waals surface area contributed by atoms with E-state index >= 15 is 0 Å². The Labute approximate surface area is 90.8 Å². The molecule has 0 aliphatic carbocycles. The van der Waals surface area contributed by atoms with E-state index in [1.54, 1.807) is 0 Å². The van der Waals surface area contributed by atoms with Crippen molar-refractivity contribution in [3.8, 4) is 0 Å². The minimum Gasteiger partial charge on any atom is -0.394 e. The van der Waals surface area contributed by atoms with Crippen molar-refractivity contribution < 1.29 is 44.4 Å². The first kappa shape index (κ1) is 15.9. The lowest BCUT2D eigenvalue weighted by Gasteiger charge is -2.25. The van der Waals surface area contributed by atoms with Crippen LogP contribution in [0.2, 0.25) is 0 Å². The fourth-order valence-electron chi connectivity index (χ4n) is 0.835. The number of hydrogen-bond acceptors (Lipinski definition) is 7. The van der Waals surface area contributed by atoms with Gasteiger partial charge in [0.1, 0.15) is 24.4 Å². The van der Waals surface area contributed by atoms with E-state index in [1.807, 2.05) is 0 Å². The molecule has 0 bridgehead atoms. The summed E-state index contributed by atoms with van der Waals surface area (Å²) in [7, 11) is -4.78. The summed E-state index contributed by atoms with van der Waals surface area (Å²) < 4.78 is 14.1. The molecule has 0 amide bonds. The van der Waals surface area contributed by atoms with Gasteiger partial charge in [-0.2, -0.15) is 0 Å². The zero-order chi connectivity index (χ0) is 12.9. The molecule has 0 saturated heterocycles. The van der Waals surface area contributed by atoms with Crippen LogP contribution in [0.1, 0.15) is 0 Å². The quantitative estimate of drug-likeness (QED) is 0.230. The number of phosphoric ester groups is 1. The highest BCUT2D eigenvalue weighted by Crippen LogP contribution is 2.35. The molecule has 0 heterocycles. The summed E-state index contributed by atoms with van der Waals surface area (Å²) in [5.74, 6) is 0. The van der Waals surface area contributed by atoms with E-state index in [2.05, 4.69) is 4.52 Å². The summed E-state index contributed by atoms with van der Waals surface area (Å²) >= 11 is 0. The van der Waals surface area contributed by atoms with E-state index in [0.717, 1.165) is 0 Å². The fraction of sp³-hybridized carbons (Fsp3) is 1.00. The molecule has 7 N–H and O–H groups in total. The van der Waals surface area contributed by atoms with Gasteiger partial charge in [-0.3, -0.25) is 4.52 Å². The first-order valence-electron chi connectivity index (χ1n) is 4.22. The van der Waals surface area contributed by atoms with Crippen LogP contribution in [0.3, 0.4) is 0 Å². The van der Waals surface area contributed by atoms with Crippen molar-refractivity contribution in [3.05, 3.63) is 0 Å². The number of aliphatic hydroxyl groups excluding tert-OH is 5. The number of phosphoric acid groups is 1. The highest BCUT2D eigenvalue weighted by molar-refractivity contribution is 7.46. The molecule has 0 aromatic rings. The van der Waals surface area contributed by atoms with Crippen LogP contribution < -0.4 is 0 Å². The van der Waals surface area contributed by atoms with E-state index < -0.39 is 45.5 Å². The van der Waals surface area contributed by atoms with Crippen molar-refractivity contribution in [2.45, 2.75) is 24.4 Å². The Balaban J connectivity index is 4.17. The largest absolute Gasteiger partial charge is 0.469 e. The van der Waals surface area contributed by atoms with Crippen molar-refractivity contribution >= 4 is 7.82 Å². The fourth-order valence-corrected chi connectivity index (χ4v) is 1.18. The molecular weight excluding hydrogens is 247 g/mol. The summed E-state index contributed by atoms with van der Waals surface area (Å²) in [5.41, 5.74) is 0. The van der Waals surface area contributed by atoms with Gasteiger partial charge in [-0.25, -0.2) is 4.57 Å². The topological polar surface area (TPSA) is 168 Å². The molecule has 0 radical (unpaired) electrons. The Morgan fingerprint density at radius 1 is 1.00 bits per heavy atom. The third-order valence-electron chi connectivity index (χ3n) is 1.74. The standard InChI is InChI=1S/C6H15O9P/c7-1-3(8)5(10)6(11)4(9)2-15-16(12,13)14/h3-11H,1-2H2,(H2,12,13,14)/t3-,4-,5-,6-/m1/s1. The molecule has 0 fully saturated rings. The second kappa shape index (κ2) is 6.60. The summed E-state index contributed by atoms with van der Waals surface area (Å²) in [6.45, 7) is -1.77. The Morgan fingerprint density at radius 2 is 1.44 bits per heavy atom. The molecule has 4 atom stereocenters. The van der Waals surface area contributed by atoms with Gasteiger partial charge in [0, 0.05) is 0 Å². The van der Waals surface area contributed by atoms with Gasteiger partial charge in [-0.05, 0) is 0 Å². The van der Waals surface area contributed by atoms with Gasteiger partial charge >= 0.3 is 7.82 Å². The van der Waals surface area contributed by atoms with E-state index in [4.69, 9.17) is 30.2 Å². The monoisotopic (exact) mass is 262 g/mol. The molecule has 0 spiro atoms. The summed E-state index contributed by atoms with van der Waals surface area (Å²) in [4.78, 5) is 16.6. The molecule has 9 nitrogen and oxygen atoms in total. The van der Waals surface area contributed by atoms with E-state index in [0.29, 0.717) is 0 Å². The predicted molar refractivity (Wildman–Crippen MR) is 49.1 cm³/mol. The Morgan fingerprint density at radius 3 is 1.81 bits per heavy atom. The van der Waals surface area contributed by atoms with Gasteiger partial charge in [0.15, 0.2) is 0 Å². The molecule has 16 heavy (non-hydrogen) atoms. The Bertz CT molecular complexity index is 240. The van der Waals surface area contributed by atoms with Crippen LogP contribution in [0.4, 0.5) is 0 Å². The average molecular weight is 262 g/mol. The highest BCUT2D eigenvalue weighted by atomic mass is 31.2. The molecule has 0 rings (SSSR count). The van der Waals surface area contributed by atoms with E-state index in [9.17, 15) is 9.67 Å². The molecule has 0 aromatic carbocycles. The van der Waals surface area contributed by atoms with Crippen LogP contribution >= 0.6 is 7.82 Å². The lowest BCUT2D eigenvalue weighted by Crippen LogP contribution is -2.47. The normalized spacial score (nSPS) is 20.2. The minimum atomic E-state index is -4.78. The number of hydrogen-bond donors (Lipinski definition) is 7. The molecule has 0 saturated carbocycles. The zero-order valence-corrected chi connectivity index (χ0v) is 9.01. The minimum absolute atomic E-state index is 0.843. The smallest absolute Gasteiger partial charge is 0.394 e. The van der Waals surface area contributed by atoms with E-state index in [-0.39, 0.29) is 0 Å². The van der Waals surface area contributed by atoms with Gasteiger partial charge < -0.3 is 35.3 Å². The second-order valence-electron chi connectivity index (χ2n) is 3.08. The first-order valence-corrected chi connectivity index (χ1v) is 5.75. The lowest BCUT2D eigenvalue weighted by molar-refractivity contribution is -0.122. The highest BCUT2D eigenvalue weighted by Gasteiger charge is 2.31. The van der Waals surface area contributed by atoms with Crippen molar-refractivity contribution in [2.75, 3.05) is 13.2 Å². The maximum atomic E-state index is 10.2. The van der Waals surface area contributed by atoms with Gasteiger partial charge in [-0.1, -0.05) is 0 Å². The maximum absolute atomic E-state index is 10.2. The SMILES string of the molecule is O=P(O)(O)OC[C@@H](O)[C@@H](O)[C@H](O)[C@H](O)CO. The first-order chi connectivity index (χ1) is 7.19. The Kier molecular flexibility index (Phi) is 6.56. The van der Waals surface area contributed by atoms with Gasteiger partial charge in [0.05, 0.1) is 13.2 Å². The van der Waals surface area contributed by atoms with Gasteiger partial charge in [0.25, 0.3) is 0 Å². The molecular formula is C6H15O9P. The van der Waals surface area contributed by atoms with Crippen molar-refractivity contribution in [3.63, 3.8) is 0 Å². The lowest BCUT2D eigenvalue weighted by atomic mass is 10.0. The van der Waals surface area contributed by atoms with Gasteiger partial charge in [0.2, 0.25) is 0 Å². The van der Waals surface area contributed by atoms with Crippen molar-refractivity contribution in [1.29, 1.82) is 0 Å². The van der Waals surface area contributed by atoms with Crippen LogP contribution in [-0.4, -0.2) is 72.9 Å². The average Bonchev–Trinajstić information content (AvgIpc) is 2.21. The molecule has 0 aliphatic rings. The summed E-state index contributed by atoms with van der Waals surface area (Å²) in [5, 5.41) is 44.8. The molecule has 0 aliphatic heterocycles. The van der Waals surface area contributed by atoms with Crippen LogP contribution in [0.5, 0.6) is 0 Å². The summed E-state index contributed by atoms with van der Waals surface area (Å²) in [6, 6.07) is 0. The third kappa shape index (κ3) is 5.85. The summed E-state index contributed by atoms with van der Waals surface area (Å²) in [6.07, 6.45) is -7.27. The van der Waals surface area contributed by atoms with Crippen molar-refractivity contribution in [1.82, 2.24) is 0 Å². The third-order valence-corrected chi connectivity index (χ3v) is 2.22. The van der Waals surface area contributed by atoms with Crippen LogP contribution in [0.15, 0.2) is 0 Å². The predicted octanol–water partition coefficient (Wildman–Crippen LogP) is -3.47. The Hall–Kier alpha value is -0.0900. The van der Waals surface area contributed by atoms with Crippen LogP contribution in [-0.2, 0) is 9.09 Å².